The van der Waals surface area contributed by atoms with E-state index in [-0.39, 0.29) is 37.5 Å². The molecule has 0 aromatic rings. The van der Waals surface area contributed by atoms with Crippen LogP contribution in [0.1, 0.15) is 220 Å². The number of allylic oxidation sites excluding steroid dienone is 18. The molecule has 0 saturated carbocycles. The van der Waals surface area contributed by atoms with Gasteiger partial charge in [-0.25, -0.2) is 0 Å². The maximum atomic E-state index is 12.8. The van der Waals surface area contributed by atoms with Gasteiger partial charge < -0.3 is 14.2 Å². The second kappa shape index (κ2) is 51.7. The maximum absolute atomic E-state index is 12.8. The number of carbonyl (C=O) groups excluding carboxylic acids is 3. The summed E-state index contributed by atoms with van der Waals surface area (Å²) in [6, 6.07) is 0. The van der Waals surface area contributed by atoms with E-state index in [0.717, 1.165) is 116 Å². The molecule has 64 heavy (non-hydrogen) atoms. The Labute approximate surface area is 393 Å². The Balaban J connectivity index is 4.51. The fourth-order valence-corrected chi connectivity index (χ4v) is 6.68. The van der Waals surface area contributed by atoms with Crippen molar-refractivity contribution in [3.63, 3.8) is 0 Å². The molecule has 0 bridgehead atoms. The number of unbranched alkanes of at least 4 members (excludes halogenated alkanes) is 16. The molecule has 0 aromatic carbocycles. The average Bonchev–Trinajstić information content (AvgIpc) is 3.29. The van der Waals surface area contributed by atoms with Crippen molar-refractivity contribution in [1.82, 2.24) is 0 Å². The summed E-state index contributed by atoms with van der Waals surface area (Å²) in [4.78, 5) is 38.0. The van der Waals surface area contributed by atoms with Crippen LogP contribution in [0.4, 0.5) is 0 Å². The zero-order valence-corrected chi connectivity index (χ0v) is 41.3. The van der Waals surface area contributed by atoms with Crippen LogP contribution in [-0.4, -0.2) is 37.2 Å². The van der Waals surface area contributed by atoms with Gasteiger partial charge in [-0.15, -0.1) is 0 Å². The fraction of sp³-hybridized carbons (Fsp3) is 0.638. The van der Waals surface area contributed by atoms with E-state index >= 15 is 0 Å². The van der Waals surface area contributed by atoms with Gasteiger partial charge in [0, 0.05) is 19.3 Å². The molecule has 0 amide bonds. The topological polar surface area (TPSA) is 78.9 Å². The van der Waals surface area contributed by atoms with Gasteiger partial charge in [0.15, 0.2) is 6.10 Å². The molecule has 0 heterocycles. The van der Waals surface area contributed by atoms with Gasteiger partial charge in [0.05, 0.1) is 0 Å². The number of rotatable bonds is 45. The lowest BCUT2D eigenvalue weighted by Gasteiger charge is -2.18. The van der Waals surface area contributed by atoms with Crippen molar-refractivity contribution in [2.24, 2.45) is 0 Å². The molecule has 0 aliphatic heterocycles. The highest BCUT2D eigenvalue weighted by molar-refractivity contribution is 5.71. The van der Waals surface area contributed by atoms with Crippen LogP contribution in [-0.2, 0) is 28.6 Å². The molecule has 0 aliphatic rings. The van der Waals surface area contributed by atoms with Crippen LogP contribution >= 0.6 is 0 Å². The molecule has 1 unspecified atom stereocenters. The Morgan fingerprint density at radius 3 is 1.05 bits per heavy atom. The summed E-state index contributed by atoms with van der Waals surface area (Å²) in [6.45, 7) is 6.30. The van der Waals surface area contributed by atoms with Gasteiger partial charge in [-0.3, -0.25) is 14.4 Å². The van der Waals surface area contributed by atoms with Crippen LogP contribution in [0, 0.1) is 0 Å². The Morgan fingerprint density at radius 2 is 0.641 bits per heavy atom. The molecule has 0 fully saturated rings. The Kier molecular flexibility index (Phi) is 48.5. The Hall–Kier alpha value is -3.93. The SMILES string of the molecule is CC/C=C\C/C=C\C/C=C\C/C=C\CCC(=O)OCC(COC(=O)CCCCCCCCC/C=C\C/C=C\C/C=C\CC)OC(=O)CCCCCCC/C=C\C/C=C\CCCCCC. The minimum Gasteiger partial charge on any atom is -0.462 e. The van der Waals surface area contributed by atoms with Gasteiger partial charge in [-0.1, -0.05) is 201 Å². The quantitative estimate of drug-likeness (QED) is 0.0262. The monoisotopic (exact) mass is 887 g/mol. The third kappa shape index (κ3) is 49.1. The first-order chi connectivity index (χ1) is 31.5. The van der Waals surface area contributed by atoms with Gasteiger partial charge in [0.1, 0.15) is 13.2 Å². The molecule has 0 rings (SSSR count). The zero-order chi connectivity index (χ0) is 46.5. The number of hydrogen-bond donors (Lipinski definition) is 0. The van der Waals surface area contributed by atoms with Crippen molar-refractivity contribution in [3.8, 4) is 0 Å². The lowest BCUT2D eigenvalue weighted by Crippen LogP contribution is -2.30. The van der Waals surface area contributed by atoms with Crippen LogP contribution < -0.4 is 0 Å². The first-order valence-corrected chi connectivity index (χ1v) is 25.9. The first kappa shape index (κ1) is 60.1. The van der Waals surface area contributed by atoms with Crippen molar-refractivity contribution in [2.45, 2.75) is 226 Å². The molecule has 1 atom stereocenters. The Morgan fingerprint density at radius 1 is 0.328 bits per heavy atom. The molecule has 0 spiro atoms. The van der Waals surface area contributed by atoms with E-state index in [0.29, 0.717) is 19.3 Å². The number of ether oxygens (including phenoxy) is 3. The third-order valence-electron chi connectivity index (χ3n) is 10.5. The molecule has 0 saturated heterocycles. The molecule has 0 N–H and O–H groups in total. The predicted octanol–water partition coefficient (Wildman–Crippen LogP) is 17.1. The van der Waals surface area contributed by atoms with E-state index in [1.807, 2.05) is 12.2 Å². The summed E-state index contributed by atoms with van der Waals surface area (Å²) in [5.41, 5.74) is 0. The number of hydrogen-bond acceptors (Lipinski definition) is 6. The summed E-state index contributed by atoms with van der Waals surface area (Å²) in [5, 5.41) is 0. The number of esters is 3. The van der Waals surface area contributed by atoms with Gasteiger partial charge in [0.2, 0.25) is 0 Å². The van der Waals surface area contributed by atoms with Crippen molar-refractivity contribution in [1.29, 1.82) is 0 Å². The highest BCUT2D eigenvalue weighted by Gasteiger charge is 2.19. The Bertz CT molecular complexity index is 1340. The van der Waals surface area contributed by atoms with Crippen molar-refractivity contribution < 1.29 is 28.6 Å². The van der Waals surface area contributed by atoms with Crippen LogP contribution in [0.5, 0.6) is 0 Å². The van der Waals surface area contributed by atoms with Crippen LogP contribution in [0.2, 0.25) is 0 Å². The second-order valence-electron chi connectivity index (χ2n) is 16.7. The molecular formula is C58H94O6. The average molecular weight is 887 g/mol. The summed E-state index contributed by atoms with van der Waals surface area (Å²) in [6.07, 6.45) is 69.4. The molecule has 6 nitrogen and oxygen atoms in total. The maximum Gasteiger partial charge on any atom is 0.306 e. The fourth-order valence-electron chi connectivity index (χ4n) is 6.68. The molecule has 6 heteroatoms. The van der Waals surface area contributed by atoms with E-state index < -0.39 is 6.10 Å². The van der Waals surface area contributed by atoms with Gasteiger partial charge in [-0.2, -0.15) is 0 Å². The van der Waals surface area contributed by atoms with E-state index in [2.05, 4.69) is 118 Å². The van der Waals surface area contributed by atoms with E-state index in [4.69, 9.17) is 14.2 Å². The highest BCUT2D eigenvalue weighted by Crippen LogP contribution is 2.13. The normalized spacial score (nSPS) is 13.0. The third-order valence-corrected chi connectivity index (χ3v) is 10.5. The van der Waals surface area contributed by atoms with Crippen molar-refractivity contribution >= 4 is 17.9 Å². The largest absolute Gasteiger partial charge is 0.462 e. The van der Waals surface area contributed by atoms with Crippen molar-refractivity contribution in [3.05, 3.63) is 109 Å². The van der Waals surface area contributed by atoms with Gasteiger partial charge in [-0.05, 0) is 109 Å². The summed E-state index contributed by atoms with van der Waals surface area (Å²) >= 11 is 0. The summed E-state index contributed by atoms with van der Waals surface area (Å²) in [5.74, 6) is -1.03. The van der Waals surface area contributed by atoms with E-state index in [1.165, 1.54) is 57.8 Å². The minimum absolute atomic E-state index is 0.113. The first-order valence-electron chi connectivity index (χ1n) is 25.9. The molecule has 0 radical (unpaired) electrons. The minimum atomic E-state index is -0.820. The summed E-state index contributed by atoms with van der Waals surface area (Å²) in [7, 11) is 0. The predicted molar refractivity (Wildman–Crippen MR) is 274 cm³/mol. The van der Waals surface area contributed by atoms with Crippen LogP contribution in [0.25, 0.3) is 0 Å². The lowest BCUT2D eigenvalue weighted by molar-refractivity contribution is -0.166. The van der Waals surface area contributed by atoms with Crippen LogP contribution in [0.15, 0.2) is 109 Å². The zero-order valence-electron chi connectivity index (χ0n) is 41.3. The second-order valence-corrected chi connectivity index (χ2v) is 16.7. The van der Waals surface area contributed by atoms with Crippen molar-refractivity contribution in [2.75, 3.05) is 13.2 Å². The number of carbonyl (C=O) groups is 3. The van der Waals surface area contributed by atoms with E-state index in [9.17, 15) is 14.4 Å². The molecule has 362 valence electrons. The van der Waals surface area contributed by atoms with Gasteiger partial charge >= 0.3 is 17.9 Å². The van der Waals surface area contributed by atoms with Gasteiger partial charge in [0.25, 0.3) is 0 Å². The standard InChI is InChI=1S/C58H94O6/c1-4-7-10-13-16-19-22-25-27-29-31-33-36-39-42-45-48-51-57(60)63-54-55(53-62-56(59)50-47-44-41-38-35-32-24-21-18-15-12-9-6-3)64-58(61)52-49-46-43-40-37-34-30-28-26-23-20-17-14-11-8-5-2/h7,9-10,12,16,18-21,23,25,27-28,30,32,35,41,44,55H,4-6,8,11,13-15,17,22,24,26,29,31,33-34,36-40,42-43,45-54H2,1-3H3/b10-7-,12-9-,19-16-,21-18-,23-20-,27-25-,30-28-,35-32-,44-41-. The van der Waals surface area contributed by atoms with E-state index in [1.54, 1.807) is 0 Å². The lowest BCUT2D eigenvalue weighted by atomic mass is 10.1. The molecular weight excluding hydrogens is 793 g/mol. The summed E-state index contributed by atoms with van der Waals surface area (Å²) < 4.78 is 16.7. The highest BCUT2D eigenvalue weighted by atomic mass is 16.6. The molecule has 0 aliphatic carbocycles. The molecule has 0 aromatic heterocycles. The van der Waals surface area contributed by atoms with Crippen LogP contribution in [0.3, 0.4) is 0 Å². The smallest absolute Gasteiger partial charge is 0.306 e.